The van der Waals surface area contributed by atoms with Gasteiger partial charge in [-0.2, -0.15) is 0 Å². The largest absolute Gasteiger partial charge is 0.500 e. The lowest BCUT2D eigenvalue weighted by molar-refractivity contribution is 0.0706. The zero-order valence-electron chi connectivity index (χ0n) is 25.9. The Morgan fingerprint density at radius 2 is 0.711 bits per heavy atom. The summed E-state index contributed by atoms with van der Waals surface area (Å²) in [7, 11) is -2.43. The monoisotopic (exact) mass is 555 g/mol. The Balaban J connectivity index is 3.29. The van der Waals surface area contributed by atoms with E-state index in [1.165, 1.54) is 135 Å². The van der Waals surface area contributed by atoms with Gasteiger partial charge in [-0.05, 0) is 33.6 Å². The molecule has 6 heteroatoms. The molecule has 0 aliphatic rings. The van der Waals surface area contributed by atoms with Gasteiger partial charge in [0.25, 0.3) is 0 Å². The van der Waals surface area contributed by atoms with Crippen LogP contribution in [0.3, 0.4) is 0 Å². The molecule has 0 N–H and O–H groups in total. The Labute approximate surface area is 238 Å². The van der Waals surface area contributed by atoms with E-state index in [2.05, 4.69) is 4.99 Å². The highest BCUT2D eigenvalue weighted by Gasteiger charge is 2.39. The second-order valence-corrected chi connectivity index (χ2v) is 13.6. The summed E-state index contributed by atoms with van der Waals surface area (Å²) in [4.78, 5) is 13.6. The maximum Gasteiger partial charge on any atom is 0.500 e. The second-order valence-electron chi connectivity index (χ2n) is 10.8. The van der Waals surface area contributed by atoms with Gasteiger partial charge in [-0.3, -0.25) is 0 Å². The summed E-state index contributed by atoms with van der Waals surface area (Å²) in [6.07, 6.45) is 32.9. The number of hydrogen-bond acceptors (Lipinski definition) is 5. The van der Waals surface area contributed by atoms with Gasteiger partial charge in [-0.25, -0.2) is 9.79 Å². The fourth-order valence-corrected chi connectivity index (χ4v) is 7.98. The lowest BCUT2D eigenvalue weighted by Gasteiger charge is -2.28. The average molecular weight is 556 g/mol. The van der Waals surface area contributed by atoms with E-state index in [0.717, 1.165) is 18.9 Å². The summed E-state index contributed by atoms with van der Waals surface area (Å²) in [5, 5.41) is 0. The van der Waals surface area contributed by atoms with Gasteiger partial charge in [0.1, 0.15) is 0 Å². The summed E-state index contributed by atoms with van der Waals surface area (Å²) in [6.45, 7) is 8.80. The van der Waals surface area contributed by atoms with E-state index >= 15 is 0 Å². The Bertz CT molecular complexity index is 497. The summed E-state index contributed by atoms with van der Waals surface area (Å²) in [6, 6.07) is 0.964. The normalized spacial score (nSPS) is 11.7. The molecular weight excluding hydrogens is 490 g/mol. The second kappa shape index (κ2) is 31.0. The maximum atomic E-state index is 9.99. The van der Waals surface area contributed by atoms with Crippen LogP contribution < -0.4 is 0 Å². The number of unbranched alkanes of at least 4 members (excludes halogenated alkanes) is 22. The molecule has 0 spiro atoms. The first-order chi connectivity index (χ1) is 18.7. The molecule has 0 unspecified atom stereocenters. The number of aliphatic imine (C=N–C) groups is 1. The van der Waals surface area contributed by atoms with E-state index in [4.69, 9.17) is 13.3 Å². The van der Waals surface area contributed by atoms with Crippen LogP contribution in [0.15, 0.2) is 4.99 Å². The molecule has 0 aromatic carbocycles. The van der Waals surface area contributed by atoms with E-state index < -0.39 is 8.80 Å². The van der Waals surface area contributed by atoms with Crippen molar-refractivity contribution in [1.82, 2.24) is 0 Å². The number of hydrogen-bond donors (Lipinski definition) is 0. The predicted molar refractivity (Wildman–Crippen MR) is 165 cm³/mol. The van der Waals surface area contributed by atoms with Gasteiger partial charge < -0.3 is 13.3 Å². The molecule has 0 bridgehead atoms. The van der Waals surface area contributed by atoms with Gasteiger partial charge in [0, 0.05) is 25.9 Å². The van der Waals surface area contributed by atoms with E-state index in [0.29, 0.717) is 26.4 Å². The molecule has 0 rings (SSSR count). The van der Waals surface area contributed by atoms with Crippen LogP contribution in [0.25, 0.3) is 0 Å². The minimum Gasteiger partial charge on any atom is -0.374 e. The quantitative estimate of drug-likeness (QED) is 0.0358. The summed E-state index contributed by atoms with van der Waals surface area (Å²) >= 11 is 0. The first kappa shape index (κ1) is 37.5. The molecule has 0 aliphatic heterocycles. The SMILES string of the molecule is CCO[Si](CCCCCCCCCCCCCCCCCCCCCCCCCN=C=O)(OCC)OCC. The van der Waals surface area contributed by atoms with Crippen LogP contribution in [0, 0.1) is 0 Å². The van der Waals surface area contributed by atoms with Crippen molar-refractivity contribution in [2.75, 3.05) is 26.4 Å². The third-order valence-electron chi connectivity index (χ3n) is 7.41. The standard InChI is InChI=1S/C32H65NO4Si/c1-4-35-38(36-5-2,37-6-3)31-29-27-25-23-21-19-17-15-13-11-9-7-8-10-12-14-16-18-20-22-24-26-28-30-33-32-34/h4-31H2,1-3H3. The van der Waals surface area contributed by atoms with Crippen molar-refractivity contribution >= 4 is 14.9 Å². The number of rotatable bonds is 32. The number of nitrogens with zero attached hydrogens (tertiary/aromatic N) is 1. The molecular formula is C32H65NO4Si. The van der Waals surface area contributed by atoms with Crippen molar-refractivity contribution in [3.63, 3.8) is 0 Å². The third-order valence-corrected chi connectivity index (χ3v) is 10.6. The van der Waals surface area contributed by atoms with Gasteiger partial charge in [-0.1, -0.05) is 135 Å². The molecule has 0 saturated heterocycles. The van der Waals surface area contributed by atoms with Gasteiger partial charge in [0.05, 0.1) is 6.54 Å². The molecule has 0 atom stereocenters. The van der Waals surface area contributed by atoms with Gasteiger partial charge >= 0.3 is 8.80 Å². The van der Waals surface area contributed by atoms with Crippen LogP contribution in [0.5, 0.6) is 0 Å². The summed E-state index contributed by atoms with van der Waals surface area (Å²) in [5.41, 5.74) is 0. The van der Waals surface area contributed by atoms with Crippen LogP contribution in [0.4, 0.5) is 0 Å². The molecule has 0 fully saturated rings. The van der Waals surface area contributed by atoms with Crippen molar-refractivity contribution in [1.29, 1.82) is 0 Å². The smallest absolute Gasteiger partial charge is 0.374 e. The van der Waals surface area contributed by atoms with Gasteiger partial charge in [0.15, 0.2) is 0 Å². The first-order valence-corrected chi connectivity index (χ1v) is 18.6. The van der Waals surface area contributed by atoms with Crippen molar-refractivity contribution in [2.24, 2.45) is 4.99 Å². The highest BCUT2D eigenvalue weighted by Crippen LogP contribution is 2.21. The minimum atomic E-state index is -2.43. The third kappa shape index (κ3) is 25.7. The Morgan fingerprint density at radius 1 is 0.447 bits per heavy atom. The lowest BCUT2D eigenvalue weighted by atomic mass is 10.0. The van der Waals surface area contributed by atoms with Crippen molar-refractivity contribution < 1.29 is 18.1 Å². The fraction of sp³-hybridized carbons (Fsp3) is 0.969. The van der Waals surface area contributed by atoms with E-state index in [-0.39, 0.29) is 0 Å². The van der Waals surface area contributed by atoms with Gasteiger partial charge in [-0.15, -0.1) is 0 Å². The Hall–Kier alpha value is -0.523. The topological polar surface area (TPSA) is 57.1 Å². The molecule has 5 nitrogen and oxygen atoms in total. The highest BCUT2D eigenvalue weighted by atomic mass is 28.4. The Kier molecular flexibility index (Phi) is 30.6. The molecule has 0 saturated carbocycles. The van der Waals surface area contributed by atoms with Crippen molar-refractivity contribution in [2.45, 2.75) is 174 Å². The van der Waals surface area contributed by atoms with Crippen LogP contribution in [-0.2, 0) is 18.1 Å². The molecule has 0 aromatic rings. The maximum absolute atomic E-state index is 9.99. The molecule has 0 amide bonds. The summed E-state index contributed by atoms with van der Waals surface area (Å²) < 4.78 is 17.9. The fourth-order valence-electron chi connectivity index (χ4n) is 5.29. The number of isocyanates is 1. The summed E-state index contributed by atoms with van der Waals surface area (Å²) in [5.74, 6) is 0. The number of carbonyl (C=O) groups excluding carboxylic acids is 1. The molecule has 226 valence electrons. The highest BCUT2D eigenvalue weighted by molar-refractivity contribution is 6.60. The van der Waals surface area contributed by atoms with Crippen LogP contribution in [0.1, 0.15) is 168 Å². The van der Waals surface area contributed by atoms with Gasteiger partial charge in [0.2, 0.25) is 6.08 Å². The van der Waals surface area contributed by atoms with E-state index in [1.807, 2.05) is 20.8 Å². The zero-order chi connectivity index (χ0) is 27.8. The molecule has 38 heavy (non-hydrogen) atoms. The molecule has 0 aromatic heterocycles. The molecule has 0 heterocycles. The van der Waals surface area contributed by atoms with Crippen LogP contribution in [-0.4, -0.2) is 41.2 Å². The van der Waals surface area contributed by atoms with Crippen LogP contribution >= 0.6 is 0 Å². The lowest BCUT2D eigenvalue weighted by Crippen LogP contribution is -2.45. The van der Waals surface area contributed by atoms with Crippen molar-refractivity contribution in [3.05, 3.63) is 0 Å². The average Bonchev–Trinajstić information content (AvgIpc) is 2.91. The minimum absolute atomic E-state index is 0.661. The first-order valence-electron chi connectivity index (χ1n) is 16.7. The van der Waals surface area contributed by atoms with E-state index in [9.17, 15) is 4.79 Å². The molecule has 0 radical (unpaired) electrons. The molecule has 0 aliphatic carbocycles. The Morgan fingerprint density at radius 3 is 0.974 bits per heavy atom. The predicted octanol–water partition coefficient (Wildman–Crippen LogP) is 10.3. The zero-order valence-corrected chi connectivity index (χ0v) is 26.9. The van der Waals surface area contributed by atoms with E-state index in [1.54, 1.807) is 6.08 Å². The van der Waals surface area contributed by atoms with Crippen molar-refractivity contribution in [3.8, 4) is 0 Å². The van der Waals surface area contributed by atoms with Crippen LogP contribution in [0.2, 0.25) is 6.04 Å².